The molecule has 184 valence electrons. The van der Waals surface area contributed by atoms with Gasteiger partial charge in [0, 0.05) is 11.8 Å². The van der Waals surface area contributed by atoms with E-state index in [4.69, 9.17) is 4.42 Å². The number of sulfone groups is 1. The number of alkyl halides is 6. The molecule has 3 heterocycles. The number of hydrogen-bond acceptors (Lipinski definition) is 6. The monoisotopic (exact) mass is 533 g/mol. The van der Waals surface area contributed by atoms with E-state index < -0.39 is 48.7 Å². The second-order valence-electron chi connectivity index (χ2n) is 7.36. The largest absolute Gasteiger partial charge is 0.463 e. The normalized spacial score (nSPS) is 12.9. The van der Waals surface area contributed by atoms with Gasteiger partial charge in [-0.25, -0.2) is 8.42 Å². The SMILES string of the molecule is CCS(=O)(=O)c1cc(-c2csc(C(F)(F)F)c2)cnc1-c1coc2cc(C(F)(F)F)ccc2c1=O. The highest BCUT2D eigenvalue weighted by molar-refractivity contribution is 7.91. The molecule has 13 heteroatoms. The van der Waals surface area contributed by atoms with Crippen LogP contribution in [0.4, 0.5) is 26.3 Å². The molecule has 0 atom stereocenters. The van der Waals surface area contributed by atoms with Gasteiger partial charge in [0.2, 0.25) is 5.43 Å². The first-order chi connectivity index (χ1) is 16.2. The molecular weight excluding hydrogens is 520 g/mol. The van der Waals surface area contributed by atoms with Gasteiger partial charge in [0.05, 0.1) is 32.9 Å². The van der Waals surface area contributed by atoms with Crippen LogP contribution in [0, 0.1) is 0 Å². The number of hydrogen-bond donors (Lipinski definition) is 0. The predicted molar refractivity (Wildman–Crippen MR) is 117 cm³/mol. The quantitative estimate of drug-likeness (QED) is 0.283. The Bertz CT molecular complexity index is 1600. The van der Waals surface area contributed by atoms with E-state index in [1.54, 1.807) is 0 Å². The molecule has 0 aliphatic rings. The fraction of sp³-hybridized carbons (Fsp3) is 0.182. The van der Waals surface area contributed by atoms with Gasteiger partial charge >= 0.3 is 12.4 Å². The number of aromatic nitrogens is 1. The zero-order chi connectivity index (χ0) is 25.8. The number of halogens is 6. The molecule has 0 N–H and O–H groups in total. The van der Waals surface area contributed by atoms with Crippen LogP contribution in [0.3, 0.4) is 0 Å². The lowest BCUT2D eigenvalue weighted by Gasteiger charge is -2.11. The molecule has 0 amide bonds. The van der Waals surface area contributed by atoms with Gasteiger partial charge in [-0.3, -0.25) is 9.78 Å². The average molecular weight is 533 g/mol. The fourth-order valence-electron chi connectivity index (χ4n) is 3.30. The summed E-state index contributed by atoms with van der Waals surface area (Å²) in [4.78, 5) is 15.8. The molecule has 4 rings (SSSR count). The van der Waals surface area contributed by atoms with E-state index in [-0.39, 0.29) is 33.4 Å². The van der Waals surface area contributed by atoms with Crippen LogP contribution in [-0.2, 0) is 22.2 Å². The highest BCUT2D eigenvalue weighted by Crippen LogP contribution is 2.38. The van der Waals surface area contributed by atoms with Crippen molar-refractivity contribution in [3.63, 3.8) is 0 Å². The van der Waals surface area contributed by atoms with Crippen molar-refractivity contribution >= 4 is 32.1 Å². The van der Waals surface area contributed by atoms with E-state index in [9.17, 15) is 39.6 Å². The number of fused-ring (bicyclic) bond motifs is 1. The third-order valence-corrected chi connectivity index (χ3v) is 7.85. The number of rotatable bonds is 4. The first-order valence-electron chi connectivity index (χ1n) is 9.74. The van der Waals surface area contributed by atoms with Gasteiger partial charge in [0.1, 0.15) is 16.7 Å². The van der Waals surface area contributed by atoms with Crippen molar-refractivity contribution in [3.05, 3.63) is 68.8 Å². The van der Waals surface area contributed by atoms with Crippen molar-refractivity contribution in [2.75, 3.05) is 5.75 Å². The summed E-state index contributed by atoms with van der Waals surface area (Å²) in [5.41, 5.74) is -2.70. The van der Waals surface area contributed by atoms with Crippen LogP contribution in [0.25, 0.3) is 33.4 Å². The maximum absolute atomic E-state index is 13.0. The van der Waals surface area contributed by atoms with Gasteiger partial charge in [-0.15, -0.1) is 11.3 Å². The van der Waals surface area contributed by atoms with Crippen molar-refractivity contribution in [2.45, 2.75) is 24.2 Å². The molecule has 0 bridgehead atoms. The molecule has 0 saturated heterocycles. The van der Waals surface area contributed by atoms with Crippen LogP contribution >= 0.6 is 11.3 Å². The Labute approximate surface area is 197 Å². The van der Waals surface area contributed by atoms with E-state index in [0.29, 0.717) is 23.5 Å². The molecule has 0 spiro atoms. The molecular formula is C22H13F6NO4S2. The summed E-state index contributed by atoms with van der Waals surface area (Å²) in [6.07, 6.45) is -7.32. The second kappa shape index (κ2) is 8.48. The number of benzene rings is 1. The zero-order valence-electron chi connectivity index (χ0n) is 17.5. The molecule has 3 aromatic heterocycles. The van der Waals surface area contributed by atoms with Gasteiger partial charge in [0.15, 0.2) is 9.84 Å². The number of nitrogens with zero attached hydrogens (tertiary/aromatic N) is 1. The summed E-state index contributed by atoms with van der Waals surface area (Å²) in [6.45, 7) is 1.33. The van der Waals surface area contributed by atoms with Gasteiger partial charge in [-0.1, -0.05) is 6.92 Å². The maximum Gasteiger partial charge on any atom is 0.425 e. The van der Waals surface area contributed by atoms with E-state index in [0.717, 1.165) is 30.7 Å². The lowest BCUT2D eigenvalue weighted by atomic mass is 10.1. The van der Waals surface area contributed by atoms with Gasteiger partial charge in [-0.2, -0.15) is 26.3 Å². The summed E-state index contributed by atoms with van der Waals surface area (Å²) in [7, 11) is -4.04. The number of thiophene rings is 1. The van der Waals surface area contributed by atoms with Gasteiger partial charge < -0.3 is 4.42 Å². The lowest BCUT2D eigenvalue weighted by Crippen LogP contribution is -2.12. The smallest absolute Gasteiger partial charge is 0.425 e. The number of pyridine rings is 1. The molecule has 35 heavy (non-hydrogen) atoms. The lowest BCUT2D eigenvalue weighted by molar-refractivity contribution is -0.137. The Balaban J connectivity index is 1.90. The first-order valence-corrected chi connectivity index (χ1v) is 12.3. The Kier molecular flexibility index (Phi) is 6.04. The maximum atomic E-state index is 13.0. The minimum atomic E-state index is -4.67. The van der Waals surface area contributed by atoms with E-state index in [1.165, 1.54) is 12.3 Å². The Morgan fingerprint density at radius 3 is 2.31 bits per heavy atom. The van der Waals surface area contributed by atoms with Crippen LogP contribution in [0.2, 0.25) is 0 Å². The zero-order valence-corrected chi connectivity index (χ0v) is 19.1. The third-order valence-electron chi connectivity index (χ3n) is 5.14. The molecule has 0 unspecified atom stereocenters. The molecule has 4 aromatic rings. The first kappa shape index (κ1) is 24.9. The molecule has 0 aliphatic heterocycles. The van der Waals surface area contributed by atoms with Crippen LogP contribution in [0.15, 0.2) is 62.3 Å². The summed E-state index contributed by atoms with van der Waals surface area (Å²) < 4.78 is 109. The van der Waals surface area contributed by atoms with Crippen molar-refractivity contribution in [1.29, 1.82) is 0 Å². The van der Waals surface area contributed by atoms with Crippen LogP contribution in [-0.4, -0.2) is 19.2 Å². The highest BCUT2D eigenvalue weighted by atomic mass is 32.2. The van der Waals surface area contributed by atoms with Crippen molar-refractivity contribution in [2.24, 2.45) is 0 Å². The standard InChI is InChI=1S/C22H13F6NO4S2/c1-2-35(31,32)17-5-11(12-6-18(34-10-12)22(26,27)28)8-29-19(17)15-9-33-16-7-13(21(23,24)25)3-4-14(16)20(15)30/h3-10H,2H2,1H3. The molecule has 0 fully saturated rings. The van der Waals surface area contributed by atoms with E-state index in [1.807, 2.05) is 0 Å². The van der Waals surface area contributed by atoms with Crippen LogP contribution in [0.5, 0.6) is 0 Å². The molecule has 5 nitrogen and oxygen atoms in total. The minimum absolute atomic E-state index is 0.0764. The van der Waals surface area contributed by atoms with Gasteiger partial charge in [-0.05, 0) is 41.3 Å². The third kappa shape index (κ3) is 4.69. The Morgan fingerprint density at radius 1 is 1.00 bits per heavy atom. The fourth-order valence-corrected chi connectivity index (χ4v) is 5.16. The van der Waals surface area contributed by atoms with Crippen LogP contribution in [0.1, 0.15) is 17.4 Å². The highest BCUT2D eigenvalue weighted by Gasteiger charge is 2.33. The van der Waals surface area contributed by atoms with Crippen molar-refractivity contribution in [3.8, 4) is 22.4 Å². The summed E-state index contributed by atoms with van der Waals surface area (Å²) in [5.74, 6) is -0.406. The topological polar surface area (TPSA) is 77.2 Å². The molecule has 0 radical (unpaired) electrons. The average Bonchev–Trinajstić information content (AvgIpc) is 3.29. The Morgan fingerprint density at radius 2 is 1.71 bits per heavy atom. The molecule has 0 saturated carbocycles. The predicted octanol–water partition coefficient (Wildman–Crippen LogP) is 6.41. The van der Waals surface area contributed by atoms with Gasteiger partial charge in [0.25, 0.3) is 0 Å². The molecule has 1 aromatic carbocycles. The summed E-state index contributed by atoms with van der Waals surface area (Å²) >= 11 is 0.430. The summed E-state index contributed by atoms with van der Waals surface area (Å²) in [6, 6.07) is 4.22. The minimum Gasteiger partial charge on any atom is -0.463 e. The Hall–Kier alpha value is -3.19. The van der Waals surface area contributed by atoms with Crippen molar-refractivity contribution < 1.29 is 39.2 Å². The van der Waals surface area contributed by atoms with E-state index in [2.05, 4.69) is 4.98 Å². The van der Waals surface area contributed by atoms with Crippen LogP contribution < -0.4 is 5.43 Å². The van der Waals surface area contributed by atoms with Crippen molar-refractivity contribution in [1.82, 2.24) is 4.98 Å². The second-order valence-corrected chi connectivity index (χ2v) is 10.5. The van der Waals surface area contributed by atoms with E-state index >= 15 is 0 Å². The summed E-state index contributed by atoms with van der Waals surface area (Å²) in [5, 5.41) is 0.971. The molecule has 0 aliphatic carbocycles.